The Morgan fingerprint density at radius 3 is 2.48 bits per heavy atom. The molecule has 0 unspecified atom stereocenters. The third-order valence-corrected chi connectivity index (χ3v) is 3.03. The van der Waals surface area contributed by atoms with Crippen LogP contribution in [-0.4, -0.2) is 25.0 Å². The van der Waals surface area contributed by atoms with E-state index < -0.39 is 12.0 Å². The second-order valence-corrected chi connectivity index (χ2v) is 4.63. The van der Waals surface area contributed by atoms with E-state index in [1.165, 1.54) is 7.11 Å². The van der Waals surface area contributed by atoms with Gasteiger partial charge in [-0.05, 0) is 31.2 Å². The van der Waals surface area contributed by atoms with Crippen LogP contribution in [0.2, 0.25) is 0 Å². The van der Waals surface area contributed by atoms with Crippen LogP contribution in [-0.2, 0) is 16.0 Å². The maximum Gasteiger partial charge on any atom is 0.328 e. The molecular weight excluding hydrogens is 270 g/mol. The van der Waals surface area contributed by atoms with Gasteiger partial charge >= 0.3 is 5.97 Å². The number of nitrogens with one attached hydrogen (secondary N) is 1. The number of aryl methyl sites for hydroxylation is 1. The fraction of sp³-hybridized carbons (Fsp3) is 0.250. The van der Waals surface area contributed by atoms with Crippen molar-refractivity contribution in [3.05, 3.63) is 59.5 Å². The van der Waals surface area contributed by atoms with Gasteiger partial charge in [0.15, 0.2) is 0 Å². The van der Waals surface area contributed by atoms with Gasteiger partial charge in [0.25, 0.3) is 5.91 Å². The molecule has 1 aromatic heterocycles. The summed E-state index contributed by atoms with van der Waals surface area (Å²) in [5.74, 6) is 0.543. The topological polar surface area (TPSA) is 68.5 Å². The number of hydrogen-bond acceptors (Lipinski definition) is 4. The quantitative estimate of drug-likeness (QED) is 0.855. The van der Waals surface area contributed by atoms with Gasteiger partial charge < -0.3 is 14.5 Å². The SMILES string of the molecule is COC(=O)[C@H](Cc1ccc(C)o1)NC(=O)c1ccccc1. The largest absolute Gasteiger partial charge is 0.467 e. The van der Waals surface area contributed by atoms with Gasteiger partial charge in [-0.2, -0.15) is 0 Å². The van der Waals surface area contributed by atoms with Crippen LogP contribution in [0.15, 0.2) is 46.9 Å². The third kappa shape index (κ3) is 3.95. The van der Waals surface area contributed by atoms with Crippen molar-refractivity contribution in [3.63, 3.8) is 0 Å². The number of hydrogen-bond donors (Lipinski definition) is 1. The van der Waals surface area contributed by atoms with Gasteiger partial charge in [-0.3, -0.25) is 4.79 Å². The highest BCUT2D eigenvalue weighted by molar-refractivity contribution is 5.96. The van der Waals surface area contributed by atoms with Gasteiger partial charge in [0, 0.05) is 12.0 Å². The monoisotopic (exact) mass is 287 g/mol. The minimum absolute atomic E-state index is 0.249. The summed E-state index contributed by atoms with van der Waals surface area (Å²) in [5.41, 5.74) is 0.488. The lowest BCUT2D eigenvalue weighted by molar-refractivity contribution is -0.142. The van der Waals surface area contributed by atoms with E-state index in [4.69, 9.17) is 9.15 Å². The van der Waals surface area contributed by atoms with E-state index in [9.17, 15) is 9.59 Å². The molecule has 0 spiro atoms. The number of carbonyl (C=O) groups excluding carboxylic acids is 2. The minimum Gasteiger partial charge on any atom is -0.467 e. The van der Waals surface area contributed by atoms with Crippen LogP contribution in [0, 0.1) is 6.92 Å². The zero-order valence-electron chi connectivity index (χ0n) is 12.0. The smallest absolute Gasteiger partial charge is 0.328 e. The average molecular weight is 287 g/mol. The van der Waals surface area contributed by atoms with E-state index in [-0.39, 0.29) is 12.3 Å². The van der Waals surface area contributed by atoms with E-state index in [0.717, 1.165) is 5.76 Å². The summed E-state index contributed by atoms with van der Waals surface area (Å²) in [6.07, 6.45) is 0.249. The van der Waals surface area contributed by atoms with E-state index in [0.29, 0.717) is 11.3 Å². The predicted molar refractivity (Wildman–Crippen MR) is 76.9 cm³/mol. The molecule has 1 amide bonds. The molecule has 0 fully saturated rings. The highest BCUT2D eigenvalue weighted by Crippen LogP contribution is 2.10. The fourth-order valence-electron chi connectivity index (χ4n) is 1.96. The van der Waals surface area contributed by atoms with Crippen molar-refractivity contribution in [1.29, 1.82) is 0 Å². The van der Waals surface area contributed by atoms with Gasteiger partial charge in [-0.15, -0.1) is 0 Å². The summed E-state index contributed by atoms with van der Waals surface area (Å²) in [6, 6.07) is 11.5. The zero-order chi connectivity index (χ0) is 15.2. The summed E-state index contributed by atoms with van der Waals surface area (Å²) >= 11 is 0. The lowest BCUT2D eigenvalue weighted by atomic mass is 10.1. The Morgan fingerprint density at radius 1 is 1.19 bits per heavy atom. The molecule has 0 saturated heterocycles. The molecule has 2 aromatic rings. The molecule has 1 aromatic carbocycles. The number of carbonyl (C=O) groups is 2. The Morgan fingerprint density at radius 2 is 1.90 bits per heavy atom. The summed E-state index contributed by atoms with van der Waals surface area (Å²) < 4.78 is 10.2. The lowest BCUT2D eigenvalue weighted by Gasteiger charge is -2.15. The average Bonchev–Trinajstić information content (AvgIpc) is 2.91. The van der Waals surface area contributed by atoms with E-state index in [1.54, 1.807) is 30.3 Å². The van der Waals surface area contributed by atoms with Crippen LogP contribution in [0.4, 0.5) is 0 Å². The maximum absolute atomic E-state index is 12.1. The molecular formula is C16H17NO4. The standard InChI is InChI=1S/C16H17NO4/c1-11-8-9-13(21-11)10-14(16(19)20-2)17-15(18)12-6-4-3-5-7-12/h3-9,14H,10H2,1-2H3,(H,17,18)/t14-/m0/s1. The number of methoxy groups -OCH3 is 1. The highest BCUT2D eigenvalue weighted by Gasteiger charge is 2.23. The first-order chi connectivity index (χ1) is 10.1. The van der Waals surface area contributed by atoms with Gasteiger partial charge in [0.05, 0.1) is 7.11 Å². The van der Waals surface area contributed by atoms with Gasteiger partial charge in [0.1, 0.15) is 17.6 Å². The number of esters is 1. The first kappa shape index (κ1) is 14.8. The molecule has 1 heterocycles. The van der Waals surface area contributed by atoms with E-state index >= 15 is 0 Å². The third-order valence-electron chi connectivity index (χ3n) is 3.03. The maximum atomic E-state index is 12.1. The van der Waals surface area contributed by atoms with Crippen molar-refractivity contribution in [2.45, 2.75) is 19.4 Å². The Hall–Kier alpha value is -2.56. The summed E-state index contributed by atoms with van der Waals surface area (Å²) in [6.45, 7) is 1.82. The predicted octanol–water partition coefficient (Wildman–Crippen LogP) is 2.10. The van der Waals surface area contributed by atoms with Crippen LogP contribution in [0.1, 0.15) is 21.9 Å². The first-order valence-corrected chi connectivity index (χ1v) is 6.59. The normalized spacial score (nSPS) is 11.7. The van der Waals surface area contributed by atoms with Crippen molar-refractivity contribution in [2.75, 3.05) is 7.11 Å². The summed E-state index contributed by atoms with van der Waals surface area (Å²) in [7, 11) is 1.29. The fourth-order valence-corrected chi connectivity index (χ4v) is 1.96. The molecule has 0 aliphatic carbocycles. The number of furan rings is 1. The van der Waals surface area contributed by atoms with Gasteiger partial charge in [-0.1, -0.05) is 18.2 Å². The molecule has 21 heavy (non-hydrogen) atoms. The Bertz CT molecular complexity index is 618. The second kappa shape index (κ2) is 6.74. The van der Waals surface area contributed by atoms with Crippen LogP contribution in [0.5, 0.6) is 0 Å². The highest BCUT2D eigenvalue weighted by atomic mass is 16.5. The van der Waals surface area contributed by atoms with Crippen LogP contribution in [0.25, 0.3) is 0 Å². The van der Waals surface area contributed by atoms with E-state index in [2.05, 4.69) is 5.32 Å². The first-order valence-electron chi connectivity index (χ1n) is 6.59. The van der Waals surface area contributed by atoms with Crippen molar-refractivity contribution in [2.24, 2.45) is 0 Å². The molecule has 0 aliphatic heterocycles. The molecule has 2 rings (SSSR count). The molecule has 0 radical (unpaired) electrons. The number of amides is 1. The molecule has 110 valence electrons. The zero-order valence-corrected chi connectivity index (χ0v) is 12.0. The minimum atomic E-state index is -0.784. The number of ether oxygens (including phenoxy) is 1. The molecule has 5 heteroatoms. The molecule has 0 aliphatic rings. The number of rotatable bonds is 5. The Balaban J connectivity index is 2.09. The number of benzene rings is 1. The molecule has 1 atom stereocenters. The molecule has 1 N–H and O–H groups in total. The lowest BCUT2D eigenvalue weighted by Crippen LogP contribution is -2.43. The van der Waals surface area contributed by atoms with Crippen molar-refractivity contribution >= 4 is 11.9 Å². The van der Waals surface area contributed by atoms with Crippen molar-refractivity contribution in [3.8, 4) is 0 Å². The van der Waals surface area contributed by atoms with E-state index in [1.807, 2.05) is 19.1 Å². The van der Waals surface area contributed by atoms with Crippen molar-refractivity contribution < 1.29 is 18.7 Å². The Kier molecular flexibility index (Phi) is 4.77. The second-order valence-electron chi connectivity index (χ2n) is 4.63. The summed E-state index contributed by atoms with van der Waals surface area (Å²) in [4.78, 5) is 23.9. The van der Waals surface area contributed by atoms with Crippen LogP contribution in [0.3, 0.4) is 0 Å². The van der Waals surface area contributed by atoms with Gasteiger partial charge in [0.2, 0.25) is 0 Å². The molecule has 5 nitrogen and oxygen atoms in total. The molecule has 0 bridgehead atoms. The van der Waals surface area contributed by atoms with Crippen molar-refractivity contribution in [1.82, 2.24) is 5.32 Å². The van der Waals surface area contributed by atoms with Crippen LogP contribution >= 0.6 is 0 Å². The Labute approximate surface area is 122 Å². The van der Waals surface area contributed by atoms with Crippen LogP contribution < -0.4 is 5.32 Å². The van der Waals surface area contributed by atoms with Gasteiger partial charge in [-0.25, -0.2) is 4.79 Å². The molecule has 0 saturated carbocycles. The summed E-state index contributed by atoms with van der Waals surface area (Å²) in [5, 5.41) is 2.67.